The number of nitrogens with zero attached hydrogens (tertiary/aromatic N) is 2. The van der Waals surface area contributed by atoms with E-state index in [0.29, 0.717) is 24.2 Å². The van der Waals surface area contributed by atoms with Crippen molar-refractivity contribution in [3.05, 3.63) is 51.4 Å². The molecule has 1 aliphatic heterocycles. The Morgan fingerprint density at radius 3 is 2.65 bits per heavy atom. The molecule has 12 heteroatoms. The van der Waals surface area contributed by atoms with Gasteiger partial charge in [0.05, 0.1) is 21.1 Å². The molecule has 0 radical (unpaired) electrons. The van der Waals surface area contributed by atoms with Crippen molar-refractivity contribution in [2.24, 2.45) is 17.5 Å². The summed E-state index contributed by atoms with van der Waals surface area (Å²) < 4.78 is 47.2. The summed E-state index contributed by atoms with van der Waals surface area (Å²) in [5, 5.41) is 9.23. The number of hydrazine groups is 1. The number of rotatable bonds is 4. The number of aromatic carboxylic acids is 1. The summed E-state index contributed by atoms with van der Waals surface area (Å²) in [5.41, 5.74) is 5.36. The minimum Gasteiger partial charge on any atom is -0.477 e. The molecule has 3 heterocycles. The van der Waals surface area contributed by atoms with Crippen molar-refractivity contribution in [3.8, 4) is 0 Å². The van der Waals surface area contributed by atoms with Gasteiger partial charge in [-0.2, -0.15) is 0 Å². The van der Waals surface area contributed by atoms with Crippen LogP contribution in [0.5, 0.6) is 0 Å². The Hall–Kier alpha value is -3.35. The van der Waals surface area contributed by atoms with Gasteiger partial charge in [0.25, 0.3) is 0 Å². The van der Waals surface area contributed by atoms with E-state index in [9.17, 15) is 19.1 Å². The number of aromatic nitrogens is 1. The zero-order valence-corrected chi connectivity index (χ0v) is 18.7. The van der Waals surface area contributed by atoms with Gasteiger partial charge < -0.3 is 21.2 Å². The van der Waals surface area contributed by atoms with E-state index in [4.69, 9.17) is 11.6 Å². The number of anilines is 2. The highest BCUT2D eigenvalue weighted by molar-refractivity contribution is 7.24. The van der Waals surface area contributed by atoms with E-state index >= 15 is 8.78 Å². The lowest BCUT2D eigenvalue weighted by Crippen LogP contribution is -2.31. The van der Waals surface area contributed by atoms with E-state index in [0.717, 1.165) is 23.5 Å². The summed E-state index contributed by atoms with van der Waals surface area (Å²) in [6.45, 7) is 2.44. The molecule has 4 aromatic rings. The highest BCUT2D eigenvalue weighted by Crippen LogP contribution is 2.41. The van der Waals surface area contributed by atoms with Crippen molar-refractivity contribution >= 4 is 54.6 Å². The van der Waals surface area contributed by atoms with E-state index in [1.54, 1.807) is 0 Å². The zero-order valence-electron chi connectivity index (χ0n) is 17.9. The average molecular weight is 491 g/mol. The first-order chi connectivity index (χ1) is 16.1. The number of hydrogen-bond acceptors (Lipinski definition) is 7. The largest absolute Gasteiger partial charge is 0.477 e. The number of pyridine rings is 1. The molecule has 2 aromatic carbocycles. The minimum absolute atomic E-state index is 0.00543. The monoisotopic (exact) mass is 491 g/mol. The van der Waals surface area contributed by atoms with Crippen LogP contribution in [-0.4, -0.2) is 34.6 Å². The zero-order chi connectivity index (χ0) is 24.5. The minimum atomic E-state index is -1.58. The fraction of sp³-hybridized carbons (Fsp3) is 0.273. The van der Waals surface area contributed by atoms with Gasteiger partial charge in [-0.05, 0) is 37.5 Å². The Kier molecular flexibility index (Phi) is 5.19. The number of benzene rings is 2. The summed E-state index contributed by atoms with van der Waals surface area (Å²) in [6, 6.07) is 3.46. The van der Waals surface area contributed by atoms with Crippen LogP contribution in [0.25, 0.3) is 25.9 Å². The van der Waals surface area contributed by atoms with Crippen molar-refractivity contribution in [1.82, 2.24) is 4.40 Å². The number of carboxylic acids is 1. The molecule has 2 unspecified atom stereocenters. The molecule has 178 valence electrons. The number of nitrogens with one attached hydrogen (secondary N) is 1. The molecule has 8 nitrogen and oxygen atoms in total. The van der Waals surface area contributed by atoms with Gasteiger partial charge in [-0.1, -0.05) is 0 Å². The number of halogens is 3. The molecular weight excluding hydrogens is 471 g/mol. The Bertz CT molecular complexity index is 1570. The Morgan fingerprint density at radius 2 is 2.03 bits per heavy atom. The number of fused-ring (bicyclic) bond motifs is 5. The van der Waals surface area contributed by atoms with E-state index in [1.807, 2.05) is 6.92 Å². The summed E-state index contributed by atoms with van der Waals surface area (Å²) in [6.07, 6.45) is 0.619. The standard InChI is InChI=1S/C22H20F3N5O3S/c1-8(26)9-4-5-29(7-9)19-15(24)17(28-27)13-18(16(19)25)30-11-3-2-10(23)6-12(11)34-21(30)14(20(13)31)22(32)33/h2-3,6,8-9,28H,4-5,7,26-27H2,1H3,(H,32,33). The van der Waals surface area contributed by atoms with Crippen molar-refractivity contribution in [1.29, 1.82) is 0 Å². The van der Waals surface area contributed by atoms with Crippen LogP contribution in [0.1, 0.15) is 23.7 Å². The van der Waals surface area contributed by atoms with Gasteiger partial charge in [0.1, 0.15) is 27.6 Å². The predicted molar refractivity (Wildman–Crippen MR) is 125 cm³/mol. The van der Waals surface area contributed by atoms with Crippen LogP contribution in [0.2, 0.25) is 0 Å². The number of carboxylic acid groups (broad SMARTS) is 1. The molecule has 5 rings (SSSR count). The average Bonchev–Trinajstić information content (AvgIpc) is 3.38. The molecule has 0 spiro atoms. The number of hydrogen-bond donors (Lipinski definition) is 4. The fourth-order valence-electron chi connectivity index (χ4n) is 4.74. The van der Waals surface area contributed by atoms with E-state index < -0.39 is 45.5 Å². The molecule has 6 N–H and O–H groups in total. The quantitative estimate of drug-likeness (QED) is 0.255. The fourth-order valence-corrected chi connectivity index (χ4v) is 5.94. The lowest BCUT2D eigenvalue weighted by atomic mass is 10.0. The summed E-state index contributed by atoms with van der Waals surface area (Å²) >= 11 is 0.828. The van der Waals surface area contributed by atoms with Crippen LogP contribution in [0, 0.1) is 23.4 Å². The highest BCUT2D eigenvalue weighted by Gasteiger charge is 2.34. The van der Waals surface area contributed by atoms with Crippen molar-refractivity contribution < 1.29 is 23.1 Å². The van der Waals surface area contributed by atoms with Crippen LogP contribution < -0.4 is 27.3 Å². The second-order valence-electron chi connectivity index (χ2n) is 8.44. The van der Waals surface area contributed by atoms with Gasteiger partial charge in [0.2, 0.25) is 5.43 Å². The number of nitrogens with two attached hydrogens (primary N) is 2. The van der Waals surface area contributed by atoms with Gasteiger partial charge in [-0.25, -0.2) is 18.0 Å². The van der Waals surface area contributed by atoms with Gasteiger partial charge in [-0.15, -0.1) is 11.3 Å². The maximum atomic E-state index is 16.2. The normalized spacial score (nSPS) is 17.2. The number of carbonyl (C=O) groups is 1. The topological polar surface area (TPSA) is 126 Å². The predicted octanol–water partition coefficient (Wildman–Crippen LogP) is 3.24. The Morgan fingerprint density at radius 1 is 1.29 bits per heavy atom. The molecule has 0 amide bonds. The molecule has 2 aromatic heterocycles. The smallest absolute Gasteiger partial charge is 0.342 e. The van der Waals surface area contributed by atoms with Crippen LogP contribution in [0.4, 0.5) is 24.5 Å². The maximum absolute atomic E-state index is 16.2. The van der Waals surface area contributed by atoms with Crippen LogP contribution >= 0.6 is 11.3 Å². The molecule has 1 fully saturated rings. The van der Waals surface area contributed by atoms with E-state index in [1.165, 1.54) is 15.4 Å². The first-order valence-corrected chi connectivity index (χ1v) is 11.3. The molecule has 0 saturated carbocycles. The van der Waals surface area contributed by atoms with E-state index in [2.05, 4.69) is 5.43 Å². The third-order valence-electron chi connectivity index (χ3n) is 6.44. The third-order valence-corrected chi connectivity index (χ3v) is 7.56. The third kappa shape index (κ3) is 3.06. The maximum Gasteiger partial charge on any atom is 0.342 e. The first kappa shape index (κ1) is 22.4. The van der Waals surface area contributed by atoms with E-state index in [-0.39, 0.29) is 33.5 Å². The summed E-state index contributed by atoms with van der Waals surface area (Å²) in [4.78, 5) is 26.7. The van der Waals surface area contributed by atoms with Gasteiger partial charge in [-0.3, -0.25) is 15.0 Å². The summed E-state index contributed by atoms with van der Waals surface area (Å²) in [7, 11) is 0. The van der Waals surface area contributed by atoms with Gasteiger partial charge >= 0.3 is 5.97 Å². The van der Waals surface area contributed by atoms with Crippen molar-refractivity contribution in [2.45, 2.75) is 19.4 Å². The molecule has 2 atom stereocenters. The highest BCUT2D eigenvalue weighted by atomic mass is 32.1. The molecule has 1 aliphatic rings. The first-order valence-electron chi connectivity index (χ1n) is 10.5. The lowest BCUT2D eigenvalue weighted by molar-refractivity contribution is 0.0697. The Balaban J connectivity index is 1.99. The van der Waals surface area contributed by atoms with Crippen LogP contribution in [-0.2, 0) is 0 Å². The number of nitrogen functional groups attached to an aromatic ring is 1. The lowest BCUT2D eigenvalue weighted by Gasteiger charge is -2.24. The molecular formula is C22H20F3N5O3S. The van der Waals surface area contributed by atoms with Crippen LogP contribution in [0.3, 0.4) is 0 Å². The summed E-state index contributed by atoms with van der Waals surface area (Å²) in [5.74, 6) is 1.27. The molecule has 0 bridgehead atoms. The second kappa shape index (κ2) is 7.86. The molecule has 1 saturated heterocycles. The molecule has 0 aliphatic carbocycles. The Labute approximate surface area is 194 Å². The van der Waals surface area contributed by atoms with Crippen LogP contribution in [0.15, 0.2) is 23.0 Å². The van der Waals surface area contributed by atoms with Gasteiger partial charge in [0, 0.05) is 19.1 Å². The van der Waals surface area contributed by atoms with Crippen molar-refractivity contribution in [3.63, 3.8) is 0 Å². The van der Waals surface area contributed by atoms with Crippen molar-refractivity contribution in [2.75, 3.05) is 23.4 Å². The second-order valence-corrected chi connectivity index (χ2v) is 9.47. The SMILES string of the molecule is CC(N)C1CCN(c2c(F)c(NN)c3c(=O)c(C(=O)O)c4sc5cc(F)ccc5n4c3c2F)C1. The number of thiazole rings is 1. The van der Waals surface area contributed by atoms with Gasteiger partial charge in [0.15, 0.2) is 11.6 Å². The molecule has 34 heavy (non-hydrogen) atoms.